The summed E-state index contributed by atoms with van der Waals surface area (Å²) in [5, 5.41) is 4.91. The average Bonchev–Trinajstić information content (AvgIpc) is 2.99. The van der Waals surface area contributed by atoms with Crippen molar-refractivity contribution in [3.8, 4) is 0 Å². The van der Waals surface area contributed by atoms with Crippen LogP contribution in [0.2, 0.25) is 0 Å². The van der Waals surface area contributed by atoms with E-state index in [9.17, 15) is 9.59 Å². The molecule has 2 amide bonds. The summed E-state index contributed by atoms with van der Waals surface area (Å²) in [6, 6.07) is 3.98. The van der Waals surface area contributed by atoms with E-state index in [1.807, 2.05) is 17.5 Å². The lowest BCUT2D eigenvalue weighted by atomic mass is 10.3. The first-order valence-electron chi connectivity index (χ1n) is 7.12. The molecule has 21 heavy (non-hydrogen) atoms. The van der Waals surface area contributed by atoms with Gasteiger partial charge in [-0.05, 0) is 18.4 Å². The Hall–Kier alpha value is -1.60. The summed E-state index contributed by atoms with van der Waals surface area (Å²) in [6.45, 7) is 5.77. The topological polar surface area (TPSA) is 61.9 Å². The van der Waals surface area contributed by atoms with Crippen LogP contribution in [-0.2, 0) is 16.1 Å². The molecule has 1 saturated heterocycles. The maximum Gasteiger partial charge on any atom is 0.409 e. The quantitative estimate of drug-likeness (QED) is 0.886. The van der Waals surface area contributed by atoms with E-state index in [1.165, 1.54) is 0 Å². The number of carbonyl (C=O) groups is 2. The average molecular weight is 311 g/mol. The second kappa shape index (κ2) is 7.99. The SMILES string of the molecule is CCOC(=O)N1CCN(CC(=O)NCc2cccs2)CC1. The molecule has 0 saturated carbocycles. The van der Waals surface area contributed by atoms with Gasteiger partial charge in [-0.2, -0.15) is 0 Å². The van der Waals surface area contributed by atoms with Gasteiger partial charge in [0.25, 0.3) is 0 Å². The monoisotopic (exact) mass is 311 g/mol. The molecule has 0 spiro atoms. The lowest BCUT2D eigenvalue weighted by Gasteiger charge is -2.33. The van der Waals surface area contributed by atoms with Crippen LogP contribution in [0.15, 0.2) is 17.5 Å². The molecule has 0 aromatic carbocycles. The highest BCUT2D eigenvalue weighted by Crippen LogP contribution is 2.07. The van der Waals surface area contributed by atoms with E-state index in [4.69, 9.17) is 4.74 Å². The molecule has 1 aromatic rings. The second-order valence-corrected chi connectivity index (χ2v) is 5.85. The van der Waals surface area contributed by atoms with Crippen molar-refractivity contribution in [3.05, 3.63) is 22.4 Å². The lowest BCUT2D eigenvalue weighted by molar-refractivity contribution is -0.122. The number of piperazine rings is 1. The molecule has 6 nitrogen and oxygen atoms in total. The number of thiophene rings is 1. The molecule has 1 fully saturated rings. The van der Waals surface area contributed by atoms with Crippen LogP contribution >= 0.6 is 11.3 Å². The molecule has 7 heteroatoms. The zero-order valence-electron chi connectivity index (χ0n) is 12.2. The van der Waals surface area contributed by atoms with Gasteiger partial charge in [-0.1, -0.05) is 6.07 Å². The van der Waals surface area contributed by atoms with Gasteiger partial charge in [0.15, 0.2) is 0 Å². The Balaban J connectivity index is 1.66. The molecule has 0 atom stereocenters. The van der Waals surface area contributed by atoms with Crippen LogP contribution in [0.1, 0.15) is 11.8 Å². The van der Waals surface area contributed by atoms with E-state index in [1.54, 1.807) is 23.2 Å². The number of nitrogens with zero attached hydrogens (tertiary/aromatic N) is 2. The fraction of sp³-hybridized carbons (Fsp3) is 0.571. The van der Waals surface area contributed by atoms with Gasteiger partial charge in [0.1, 0.15) is 0 Å². The minimum atomic E-state index is -0.265. The Labute approximate surface area is 128 Å². The van der Waals surface area contributed by atoms with Crippen LogP contribution in [-0.4, -0.2) is 61.1 Å². The first kappa shape index (κ1) is 15.8. The standard InChI is InChI=1S/C14H21N3O3S/c1-2-20-14(19)17-7-5-16(6-8-17)11-13(18)15-10-12-4-3-9-21-12/h3-4,9H,2,5-8,10-11H2,1H3,(H,15,18). The Morgan fingerprint density at radius 2 is 2.10 bits per heavy atom. The van der Waals surface area contributed by atoms with E-state index in [-0.39, 0.29) is 12.0 Å². The molecular weight excluding hydrogens is 290 g/mol. The number of carbonyl (C=O) groups excluding carboxylic acids is 2. The molecule has 0 bridgehead atoms. The molecule has 0 unspecified atom stereocenters. The van der Waals surface area contributed by atoms with Gasteiger partial charge in [0.2, 0.25) is 5.91 Å². The highest BCUT2D eigenvalue weighted by atomic mass is 32.1. The molecule has 116 valence electrons. The van der Waals surface area contributed by atoms with E-state index in [0.29, 0.717) is 45.9 Å². The highest BCUT2D eigenvalue weighted by Gasteiger charge is 2.22. The predicted molar refractivity (Wildman–Crippen MR) is 81.2 cm³/mol. The van der Waals surface area contributed by atoms with Crippen molar-refractivity contribution in [2.24, 2.45) is 0 Å². The lowest BCUT2D eigenvalue weighted by Crippen LogP contribution is -2.51. The van der Waals surface area contributed by atoms with Gasteiger partial charge < -0.3 is 15.0 Å². The molecular formula is C14H21N3O3S. The molecule has 1 aliphatic rings. The fourth-order valence-corrected chi connectivity index (χ4v) is 2.81. The fourth-order valence-electron chi connectivity index (χ4n) is 2.16. The summed E-state index contributed by atoms with van der Waals surface area (Å²) in [7, 11) is 0. The largest absolute Gasteiger partial charge is 0.450 e. The number of hydrogen-bond donors (Lipinski definition) is 1. The van der Waals surface area contributed by atoms with Crippen molar-refractivity contribution in [3.63, 3.8) is 0 Å². The van der Waals surface area contributed by atoms with E-state index < -0.39 is 0 Å². The Kier molecular flexibility index (Phi) is 6.01. The summed E-state index contributed by atoms with van der Waals surface area (Å²) in [4.78, 5) is 28.3. The molecule has 1 aliphatic heterocycles. The summed E-state index contributed by atoms with van der Waals surface area (Å²) < 4.78 is 4.97. The van der Waals surface area contributed by atoms with Gasteiger partial charge in [-0.25, -0.2) is 4.79 Å². The number of ether oxygens (including phenoxy) is 1. The molecule has 2 heterocycles. The van der Waals surface area contributed by atoms with Gasteiger partial charge in [-0.15, -0.1) is 11.3 Å². The van der Waals surface area contributed by atoms with Gasteiger partial charge in [0.05, 0.1) is 19.7 Å². The molecule has 0 radical (unpaired) electrons. The number of amides is 2. The summed E-state index contributed by atoms with van der Waals surface area (Å²) in [5.74, 6) is 0.0213. The predicted octanol–water partition coefficient (Wildman–Crippen LogP) is 1.14. The zero-order chi connectivity index (χ0) is 15.1. The molecule has 1 N–H and O–H groups in total. The normalized spacial score (nSPS) is 15.8. The number of rotatable bonds is 5. The summed E-state index contributed by atoms with van der Waals surface area (Å²) >= 11 is 1.63. The van der Waals surface area contributed by atoms with Gasteiger partial charge >= 0.3 is 6.09 Å². The van der Waals surface area contributed by atoms with Crippen molar-refractivity contribution >= 4 is 23.3 Å². The molecule has 0 aliphatic carbocycles. The van der Waals surface area contributed by atoms with Crippen LogP contribution in [0.5, 0.6) is 0 Å². The van der Waals surface area contributed by atoms with Crippen LogP contribution in [0.4, 0.5) is 4.79 Å². The van der Waals surface area contributed by atoms with Crippen LogP contribution in [0, 0.1) is 0 Å². The van der Waals surface area contributed by atoms with E-state index in [2.05, 4.69) is 10.2 Å². The third-order valence-electron chi connectivity index (χ3n) is 3.31. The smallest absolute Gasteiger partial charge is 0.409 e. The zero-order valence-corrected chi connectivity index (χ0v) is 13.0. The van der Waals surface area contributed by atoms with Crippen molar-refractivity contribution in [2.45, 2.75) is 13.5 Å². The maximum atomic E-state index is 11.9. The number of hydrogen-bond acceptors (Lipinski definition) is 5. The van der Waals surface area contributed by atoms with E-state index >= 15 is 0 Å². The van der Waals surface area contributed by atoms with E-state index in [0.717, 1.165) is 4.88 Å². The Bertz CT molecular complexity index is 456. The van der Waals surface area contributed by atoms with Crippen molar-refractivity contribution in [2.75, 3.05) is 39.3 Å². The minimum Gasteiger partial charge on any atom is -0.450 e. The van der Waals surface area contributed by atoms with Crippen molar-refractivity contribution < 1.29 is 14.3 Å². The first-order valence-corrected chi connectivity index (χ1v) is 8.00. The third kappa shape index (κ3) is 5.02. The van der Waals surface area contributed by atoms with Crippen molar-refractivity contribution in [1.29, 1.82) is 0 Å². The van der Waals surface area contributed by atoms with Crippen LogP contribution in [0.3, 0.4) is 0 Å². The molecule has 1 aromatic heterocycles. The summed E-state index contributed by atoms with van der Waals surface area (Å²) in [5.41, 5.74) is 0. The highest BCUT2D eigenvalue weighted by molar-refractivity contribution is 7.09. The van der Waals surface area contributed by atoms with Gasteiger partial charge in [-0.3, -0.25) is 9.69 Å². The van der Waals surface area contributed by atoms with Crippen LogP contribution < -0.4 is 5.32 Å². The third-order valence-corrected chi connectivity index (χ3v) is 4.18. The second-order valence-electron chi connectivity index (χ2n) is 4.82. The minimum absolute atomic E-state index is 0.0213. The Morgan fingerprint density at radius 1 is 1.33 bits per heavy atom. The molecule has 2 rings (SSSR count). The first-order chi connectivity index (χ1) is 10.2. The summed E-state index contributed by atoms with van der Waals surface area (Å²) in [6.07, 6.45) is -0.265. The maximum absolute atomic E-state index is 11.9. The number of nitrogens with one attached hydrogen (secondary N) is 1. The van der Waals surface area contributed by atoms with Gasteiger partial charge in [0, 0.05) is 31.1 Å². The Morgan fingerprint density at radius 3 is 2.71 bits per heavy atom. The van der Waals surface area contributed by atoms with Crippen molar-refractivity contribution in [1.82, 2.24) is 15.1 Å². The van der Waals surface area contributed by atoms with Crippen LogP contribution in [0.25, 0.3) is 0 Å².